The molecule has 0 radical (unpaired) electrons. The molecule has 0 saturated carbocycles. The molecule has 2 nitrogen and oxygen atoms in total. The molecule has 0 aromatic rings. The lowest BCUT2D eigenvalue weighted by molar-refractivity contribution is -0.187. The van der Waals surface area contributed by atoms with Gasteiger partial charge in [0, 0.05) is 0 Å². The molecule has 0 bridgehead atoms. The van der Waals surface area contributed by atoms with Gasteiger partial charge >= 0.3 is 0 Å². The van der Waals surface area contributed by atoms with Crippen molar-refractivity contribution in [3.63, 3.8) is 0 Å². The third kappa shape index (κ3) is 0.914. The lowest BCUT2D eigenvalue weighted by atomic mass is 10.1. The molecular formula is C6H9F2NO. The lowest BCUT2D eigenvalue weighted by Gasteiger charge is -2.46. The van der Waals surface area contributed by atoms with Crippen LogP contribution in [0.1, 0.15) is 0 Å². The minimum atomic E-state index is -2.42. The Morgan fingerprint density at radius 3 is 2.20 bits per heavy atom. The molecule has 4 heteroatoms. The SMILES string of the molecule is FC1(F)CN(C2COC2)C1. The quantitative estimate of drug-likeness (QED) is 0.533. The molecule has 0 spiro atoms. The van der Waals surface area contributed by atoms with Gasteiger partial charge in [-0.05, 0) is 0 Å². The van der Waals surface area contributed by atoms with E-state index in [-0.39, 0.29) is 19.1 Å². The highest BCUT2D eigenvalue weighted by molar-refractivity contribution is 4.93. The van der Waals surface area contributed by atoms with Gasteiger partial charge < -0.3 is 4.74 Å². The van der Waals surface area contributed by atoms with Crippen molar-refractivity contribution in [2.45, 2.75) is 12.0 Å². The molecule has 0 aromatic heterocycles. The van der Waals surface area contributed by atoms with Gasteiger partial charge in [-0.25, -0.2) is 8.78 Å². The van der Waals surface area contributed by atoms with Crippen LogP contribution in [0, 0.1) is 0 Å². The highest BCUT2D eigenvalue weighted by atomic mass is 19.3. The summed E-state index contributed by atoms with van der Waals surface area (Å²) in [6.45, 7) is 1.13. The minimum Gasteiger partial charge on any atom is -0.378 e. The molecule has 58 valence electrons. The molecule has 2 saturated heterocycles. The Hall–Kier alpha value is -0.220. The maximum atomic E-state index is 12.2. The van der Waals surface area contributed by atoms with E-state index in [1.807, 2.05) is 0 Å². The number of likely N-dealkylation sites (tertiary alicyclic amines) is 1. The van der Waals surface area contributed by atoms with Crippen LogP contribution in [0.5, 0.6) is 0 Å². The predicted molar refractivity (Wildman–Crippen MR) is 31.1 cm³/mol. The van der Waals surface area contributed by atoms with Crippen molar-refractivity contribution in [3.8, 4) is 0 Å². The highest BCUT2D eigenvalue weighted by Gasteiger charge is 2.48. The maximum absolute atomic E-state index is 12.2. The Kier molecular flexibility index (Phi) is 1.22. The second-order valence-electron chi connectivity index (χ2n) is 2.95. The lowest BCUT2D eigenvalue weighted by Crippen LogP contribution is -2.64. The molecular weight excluding hydrogens is 140 g/mol. The number of hydrogen-bond donors (Lipinski definition) is 0. The van der Waals surface area contributed by atoms with Crippen LogP contribution < -0.4 is 0 Å². The Bertz CT molecular complexity index is 139. The van der Waals surface area contributed by atoms with Gasteiger partial charge in [-0.2, -0.15) is 0 Å². The van der Waals surface area contributed by atoms with E-state index in [0.717, 1.165) is 0 Å². The average Bonchev–Trinajstić information content (AvgIpc) is 1.54. The zero-order valence-corrected chi connectivity index (χ0v) is 5.52. The molecule has 2 heterocycles. The smallest absolute Gasteiger partial charge is 0.272 e. The largest absolute Gasteiger partial charge is 0.378 e. The topological polar surface area (TPSA) is 12.5 Å². The number of alkyl halides is 2. The molecule has 0 N–H and O–H groups in total. The zero-order valence-electron chi connectivity index (χ0n) is 5.52. The van der Waals surface area contributed by atoms with Gasteiger partial charge in [-0.15, -0.1) is 0 Å². The van der Waals surface area contributed by atoms with Crippen LogP contribution in [0.2, 0.25) is 0 Å². The van der Waals surface area contributed by atoms with Crippen LogP contribution >= 0.6 is 0 Å². The van der Waals surface area contributed by atoms with E-state index in [1.165, 1.54) is 0 Å². The second-order valence-corrected chi connectivity index (χ2v) is 2.95. The Labute approximate surface area is 57.8 Å². The van der Waals surface area contributed by atoms with Crippen molar-refractivity contribution in [1.29, 1.82) is 0 Å². The summed E-state index contributed by atoms with van der Waals surface area (Å²) in [5.41, 5.74) is 0. The third-order valence-corrected chi connectivity index (χ3v) is 2.01. The van der Waals surface area contributed by atoms with Crippen LogP contribution in [0.4, 0.5) is 8.78 Å². The van der Waals surface area contributed by atoms with Crippen molar-refractivity contribution >= 4 is 0 Å². The average molecular weight is 149 g/mol. The fourth-order valence-electron chi connectivity index (χ4n) is 1.24. The van der Waals surface area contributed by atoms with Crippen molar-refractivity contribution in [1.82, 2.24) is 4.90 Å². The van der Waals surface area contributed by atoms with Crippen molar-refractivity contribution in [2.24, 2.45) is 0 Å². The van der Waals surface area contributed by atoms with Gasteiger partial charge in [0.1, 0.15) is 0 Å². The molecule has 2 fully saturated rings. The summed E-state index contributed by atoms with van der Waals surface area (Å²) in [6, 6.07) is 0.277. The molecule has 0 aliphatic carbocycles. The molecule has 0 atom stereocenters. The van der Waals surface area contributed by atoms with Crippen LogP contribution in [0.15, 0.2) is 0 Å². The van der Waals surface area contributed by atoms with Crippen LogP contribution in [-0.4, -0.2) is 43.2 Å². The summed E-state index contributed by atoms with van der Waals surface area (Å²) in [4.78, 5) is 1.77. The van der Waals surface area contributed by atoms with Gasteiger partial charge in [0.25, 0.3) is 5.92 Å². The summed E-state index contributed by atoms with van der Waals surface area (Å²) in [5, 5.41) is 0. The van der Waals surface area contributed by atoms with E-state index in [0.29, 0.717) is 13.2 Å². The number of ether oxygens (including phenoxy) is 1. The summed E-state index contributed by atoms with van der Waals surface area (Å²) < 4.78 is 29.3. The fourth-order valence-corrected chi connectivity index (χ4v) is 1.24. The molecule has 0 aromatic carbocycles. The number of rotatable bonds is 1. The molecule has 2 aliphatic heterocycles. The van der Waals surface area contributed by atoms with Crippen LogP contribution in [0.3, 0.4) is 0 Å². The van der Waals surface area contributed by atoms with E-state index in [9.17, 15) is 8.78 Å². The first-order valence-corrected chi connectivity index (χ1v) is 3.37. The van der Waals surface area contributed by atoms with Gasteiger partial charge in [0.15, 0.2) is 0 Å². The maximum Gasteiger partial charge on any atom is 0.272 e. The highest BCUT2D eigenvalue weighted by Crippen LogP contribution is 2.30. The van der Waals surface area contributed by atoms with Gasteiger partial charge in [-0.3, -0.25) is 4.90 Å². The molecule has 2 aliphatic rings. The van der Waals surface area contributed by atoms with Crippen LogP contribution in [0.25, 0.3) is 0 Å². The number of nitrogens with zero attached hydrogens (tertiary/aromatic N) is 1. The number of halogens is 2. The molecule has 0 amide bonds. The summed E-state index contributed by atoms with van der Waals surface area (Å²) in [6.07, 6.45) is 0. The first kappa shape index (κ1) is 6.49. The van der Waals surface area contributed by atoms with E-state index in [4.69, 9.17) is 4.74 Å². The van der Waals surface area contributed by atoms with E-state index < -0.39 is 5.92 Å². The first-order chi connectivity index (χ1) is 4.67. The van der Waals surface area contributed by atoms with E-state index >= 15 is 0 Å². The van der Waals surface area contributed by atoms with Gasteiger partial charge in [0.2, 0.25) is 0 Å². The van der Waals surface area contributed by atoms with E-state index in [2.05, 4.69) is 0 Å². The Morgan fingerprint density at radius 2 is 1.90 bits per heavy atom. The van der Waals surface area contributed by atoms with Crippen molar-refractivity contribution < 1.29 is 13.5 Å². The Balaban J connectivity index is 1.79. The zero-order chi connectivity index (χ0) is 7.19. The standard InChI is InChI=1S/C6H9F2NO/c7-6(8)3-9(4-6)5-1-10-2-5/h5H,1-4H2. The fraction of sp³-hybridized carbons (Fsp3) is 1.00. The molecule has 0 unspecified atom stereocenters. The predicted octanol–water partition coefficient (Wildman–Crippen LogP) is 0.336. The normalized spacial score (nSPS) is 33.0. The van der Waals surface area contributed by atoms with Gasteiger partial charge in [0.05, 0.1) is 32.3 Å². The Morgan fingerprint density at radius 1 is 1.30 bits per heavy atom. The summed E-state index contributed by atoms with van der Waals surface area (Å²) in [7, 11) is 0. The van der Waals surface area contributed by atoms with E-state index in [1.54, 1.807) is 4.90 Å². The molecule has 2 rings (SSSR count). The molecule has 10 heavy (non-hydrogen) atoms. The van der Waals surface area contributed by atoms with Gasteiger partial charge in [-0.1, -0.05) is 0 Å². The third-order valence-electron chi connectivity index (χ3n) is 2.01. The summed E-state index contributed by atoms with van der Waals surface area (Å²) >= 11 is 0. The number of hydrogen-bond acceptors (Lipinski definition) is 2. The monoisotopic (exact) mass is 149 g/mol. The minimum absolute atomic E-state index is 0.0684. The van der Waals surface area contributed by atoms with Crippen molar-refractivity contribution in [2.75, 3.05) is 26.3 Å². The second kappa shape index (κ2) is 1.89. The summed E-state index contributed by atoms with van der Waals surface area (Å²) in [5.74, 6) is -2.42. The van der Waals surface area contributed by atoms with Crippen LogP contribution in [-0.2, 0) is 4.74 Å². The van der Waals surface area contributed by atoms with Crippen molar-refractivity contribution in [3.05, 3.63) is 0 Å². The first-order valence-electron chi connectivity index (χ1n) is 3.37.